The number of fused-ring (bicyclic) bond motifs is 2. The maximum atomic E-state index is 13.1. The second kappa shape index (κ2) is 9.20. The molecule has 10 nitrogen and oxygen atoms in total. The highest BCUT2D eigenvalue weighted by Crippen LogP contribution is 2.35. The fraction of sp³-hybridized carbons (Fsp3) is 0.348. The molecule has 34 heavy (non-hydrogen) atoms. The van der Waals surface area contributed by atoms with Gasteiger partial charge in [0.25, 0.3) is 5.91 Å². The van der Waals surface area contributed by atoms with E-state index in [9.17, 15) is 4.79 Å². The monoisotopic (exact) mass is 577 g/mol. The summed E-state index contributed by atoms with van der Waals surface area (Å²) in [6.45, 7) is 1.75. The number of methoxy groups -OCH3 is 2. The number of carbonyl (C=O) groups excluding carboxylic acids is 1. The molecule has 5 rings (SSSR count). The number of nitrogens with zero attached hydrogens (tertiary/aromatic N) is 4. The van der Waals surface area contributed by atoms with Crippen LogP contribution in [-0.4, -0.2) is 71.4 Å². The number of alkyl halides is 1. The molecule has 11 heteroatoms. The van der Waals surface area contributed by atoms with Crippen molar-refractivity contribution in [3.05, 3.63) is 36.4 Å². The second-order valence-corrected chi connectivity index (χ2v) is 9.35. The molecule has 1 amide bonds. The van der Waals surface area contributed by atoms with Crippen molar-refractivity contribution in [2.24, 2.45) is 0 Å². The normalized spacial score (nSPS) is 19.7. The number of rotatable bonds is 4. The Kier molecular flexibility index (Phi) is 6.11. The SMILES string of the molecule is COc1cc2nc(N3CCN(C(=O)C4COc5ccccc5O4)CC3I)nc(N)c2cc1OC. The van der Waals surface area contributed by atoms with Crippen molar-refractivity contribution >= 4 is 51.2 Å². The molecule has 1 saturated heterocycles. The van der Waals surface area contributed by atoms with Gasteiger partial charge in [0.05, 0.1) is 26.3 Å². The smallest absolute Gasteiger partial charge is 0.267 e. The molecular weight excluding hydrogens is 553 g/mol. The largest absolute Gasteiger partial charge is 0.493 e. The quantitative estimate of drug-likeness (QED) is 0.284. The van der Waals surface area contributed by atoms with Gasteiger partial charge in [-0.1, -0.05) is 34.7 Å². The lowest BCUT2D eigenvalue weighted by atomic mass is 10.2. The van der Waals surface area contributed by atoms with E-state index >= 15 is 0 Å². The Bertz CT molecular complexity index is 1240. The molecule has 2 N–H and O–H groups in total. The zero-order chi connectivity index (χ0) is 23.8. The molecule has 0 radical (unpaired) electrons. The van der Waals surface area contributed by atoms with E-state index in [4.69, 9.17) is 29.7 Å². The summed E-state index contributed by atoms with van der Waals surface area (Å²) in [5, 5.41) is 0.690. The molecule has 1 fully saturated rings. The van der Waals surface area contributed by atoms with Crippen LogP contribution in [0, 0.1) is 0 Å². The van der Waals surface area contributed by atoms with E-state index in [2.05, 4.69) is 27.6 Å². The van der Waals surface area contributed by atoms with E-state index in [0.717, 1.165) is 0 Å². The van der Waals surface area contributed by atoms with Crippen LogP contribution >= 0.6 is 22.6 Å². The van der Waals surface area contributed by atoms with Gasteiger partial charge in [-0.15, -0.1) is 0 Å². The van der Waals surface area contributed by atoms with E-state index in [1.165, 1.54) is 0 Å². The zero-order valence-corrected chi connectivity index (χ0v) is 20.9. The van der Waals surface area contributed by atoms with Gasteiger partial charge in [0.15, 0.2) is 23.0 Å². The molecule has 2 unspecified atom stereocenters. The Hall–Kier alpha value is -3.22. The lowest BCUT2D eigenvalue weighted by molar-refractivity contribution is -0.141. The van der Waals surface area contributed by atoms with Gasteiger partial charge in [-0.3, -0.25) is 4.79 Å². The number of nitrogen functional groups attached to an aromatic ring is 1. The van der Waals surface area contributed by atoms with E-state index in [0.29, 0.717) is 65.3 Å². The highest BCUT2D eigenvalue weighted by Gasteiger charge is 2.36. The average Bonchev–Trinajstić information content (AvgIpc) is 2.87. The number of ether oxygens (including phenoxy) is 4. The van der Waals surface area contributed by atoms with Crippen molar-refractivity contribution in [2.75, 3.05) is 51.1 Å². The second-order valence-electron chi connectivity index (χ2n) is 7.91. The van der Waals surface area contributed by atoms with E-state index in [1.54, 1.807) is 37.3 Å². The van der Waals surface area contributed by atoms with Crippen LogP contribution in [0.25, 0.3) is 10.9 Å². The Morgan fingerprint density at radius 1 is 1.12 bits per heavy atom. The Balaban J connectivity index is 1.32. The molecule has 0 bridgehead atoms. The molecule has 1 aromatic heterocycles. The van der Waals surface area contributed by atoms with Gasteiger partial charge in [-0.25, -0.2) is 4.98 Å². The molecule has 2 aliphatic rings. The Morgan fingerprint density at radius 3 is 2.59 bits per heavy atom. The maximum absolute atomic E-state index is 13.1. The Morgan fingerprint density at radius 2 is 1.85 bits per heavy atom. The zero-order valence-electron chi connectivity index (χ0n) is 18.7. The maximum Gasteiger partial charge on any atom is 0.267 e. The number of hydrogen-bond acceptors (Lipinski definition) is 9. The fourth-order valence-electron chi connectivity index (χ4n) is 4.11. The van der Waals surface area contributed by atoms with Crippen LogP contribution in [0.2, 0.25) is 0 Å². The molecule has 2 aliphatic heterocycles. The van der Waals surface area contributed by atoms with Crippen molar-refractivity contribution in [3.63, 3.8) is 0 Å². The van der Waals surface area contributed by atoms with Crippen molar-refractivity contribution in [1.29, 1.82) is 0 Å². The molecule has 0 saturated carbocycles. The number of carbonyl (C=O) groups is 1. The summed E-state index contributed by atoms with van der Waals surface area (Å²) in [5.74, 6) is 3.15. The molecule has 3 heterocycles. The summed E-state index contributed by atoms with van der Waals surface area (Å²) >= 11 is 2.30. The van der Waals surface area contributed by atoms with Gasteiger partial charge in [0.2, 0.25) is 12.1 Å². The summed E-state index contributed by atoms with van der Waals surface area (Å²) in [5.41, 5.74) is 6.93. The number of hydrogen-bond donors (Lipinski definition) is 1. The number of para-hydroxylation sites is 2. The molecule has 3 aromatic rings. The molecule has 2 atom stereocenters. The number of anilines is 2. The number of amides is 1. The predicted molar refractivity (Wildman–Crippen MR) is 135 cm³/mol. The van der Waals surface area contributed by atoms with Gasteiger partial charge in [0.1, 0.15) is 16.5 Å². The third-order valence-corrected chi connectivity index (χ3v) is 6.96. The van der Waals surface area contributed by atoms with Crippen molar-refractivity contribution in [3.8, 4) is 23.0 Å². The van der Waals surface area contributed by atoms with Gasteiger partial charge in [-0.05, 0) is 18.2 Å². The van der Waals surface area contributed by atoms with Crippen molar-refractivity contribution < 1.29 is 23.7 Å². The molecule has 0 aliphatic carbocycles. The molecular formula is C23H24IN5O5. The fourth-order valence-corrected chi connectivity index (χ4v) is 5.11. The summed E-state index contributed by atoms with van der Waals surface area (Å²) in [4.78, 5) is 26.2. The number of benzene rings is 2. The van der Waals surface area contributed by atoms with Crippen LogP contribution in [0.15, 0.2) is 36.4 Å². The number of aromatic nitrogens is 2. The van der Waals surface area contributed by atoms with Gasteiger partial charge < -0.3 is 34.5 Å². The van der Waals surface area contributed by atoms with Crippen LogP contribution < -0.4 is 29.6 Å². The minimum Gasteiger partial charge on any atom is -0.493 e. The number of halogens is 1. The van der Waals surface area contributed by atoms with Crippen LogP contribution in [0.1, 0.15) is 0 Å². The van der Waals surface area contributed by atoms with Gasteiger partial charge in [0, 0.05) is 24.5 Å². The first-order chi connectivity index (χ1) is 16.5. The molecule has 2 aromatic carbocycles. The lowest BCUT2D eigenvalue weighted by Gasteiger charge is -2.40. The molecule has 0 spiro atoms. The Labute approximate surface area is 210 Å². The number of nitrogens with two attached hydrogens (primary N) is 1. The molecule has 178 valence electrons. The van der Waals surface area contributed by atoms with Crippen LogP contribution in [0.3, 0.4) is 0 Å². The van der Waals surface area contributed by atoms with E-state index in [1.807, 2.05) is 23.1 Å². The average molecular weight is 577 g/mol. The van der Waals surface area contributed by atoms with Crippen molar-refractivity contribution in [2.45, 2.75) is 10.2 Å². The van der Waals surface area contributed by atoms with Crippen molar-refractivity contribution in [1.82, 2.24) is 14.9 Å². The first-order valence-corrected chi connectivity index (χ1v) is 12.0. The number of piperazine rings is 1. The summed E-state index contributed by atoms with van der Waals surface area (Å²) < 4.78 is 22.3. The lowest BCUT2D eigenvalue weighted by Crippen LogP contribution is -2.57. The van der Waals surface area contributed by atoms with Crippen LogP contribution in [0.4, 0.5) is 11.8 Å². The minimum absolute atomic E-state index is 0.0518. The van der Waals surface area contributed by atoms with E-state index in [-0.39, 0.29) is 16.6 Å². The van der Waals surface area contributed by atoms with Gasteiger partial charge in [-0.2, -0.15) is 4.98 Å². The minimum atomic E-state index is -0.667. The summed E-state index contributed by atoms with van der Waals surface area (Å²) in [6, 6.07) is 10.9. The summed E-state index contributed by atoms with van der Waals surface area (Å²) in [6.07, 6.45) is -0.667. The highest BCUT2D eigenvalue weighted by atomic mass is 127. The highest BCUT2D eigenvalue weighted by molar-refractivity contribution is 14.1. The van der Waals surface area contributed by atoms with Crippen LogP contribution in [0.5, 0.6) is 23.0 Å². The standard InChI is InChI=1S/C23H24IN5O5/c1-31-17-9-13-14(10-18(17)32-2)26-23(27-21(13)25)29-8-7-28(11-20(29)24)22(30)19-12-33-15-5-3-4-6-16(15)34-19/h3-6,9-10,19-20H,7-8,11-12H2,1-2H3,(H2,25,26,27). The van der Waals surface area contributed by atoms with Gasteiger partial charge >= 0.3 is 0 Å². The third-order valence-electron chi connectivity index (χ3n) is 5.89. The predicted octanol–water partition coefficient (Wildman–Crippen LogP) is 2.48. The first-order valence-electron chi connectivity index (χ1n) is 10.8. The third kappa shape index (κ3) is 4.08. The van der Waals surface area contributed by atoms with Crippen LogP contribution in [-0.2, 0) is 4.79 Å². The van der Waals surface area contributed by atoms with E-state index < -0.39 is 6.10 Å². The first kappa shape index (κ1) is 22.6. The summed E-state index contributed by atoms with van der Waals surface area (Å²) in [7, 11) is 3.14. The topological polar surface area (TPSA) is 112 Å².